The van der Waals surface area contributed by atoms with Gasteiger partial charge in [-0.05, 0) is 18.2 Å². The van der Waals surface area contributed by atoms with E-state index in [1.165, 1.54) is 37.3 Å². The normalized spacial score (nSPS) is 17.5. The first-order valence-electron chi connectivity index (χ1n) is 7.47. The molecule has 20 heavy (non-hydrogen) atoms. The van der Waals surface area contributed by atoms with Crippen LogP contribution in [0, 0.1) is 0 Å². The second-order valence-electron chi connectivity index (χ2n) is 5.52. The molecule has 112 valence electrons. The minimum absolute atomic E-state index is 0.691. The largest absolute Gasteiger partial charge is 0.380 e. The maximum Gasteiger partial charge on any atom is 0.0716 e. The number of piperazine rings is 1. The zero-order chi connectivity index (χ0) is 14.2. The van der Waals surface area contributed by atoms with E-state index in [0.717, 1.165) is 19.6 Å². The van der Waals surface area contributed by atoms with E-state index < -0.39 is 0 Å². The van der Waals surface area contributed by atoms with Crippen molar-refractivity contribution in [2.45, 2.75) is 13.2 Å². The molecule has 0 amide bonds. The number of ether oxygens (including phenoxy) is 1. The summed E-state index contributed by atoms with van der Waals surface area (Å²) in [5, 5.41) is 3.55. The van der Waals surface area contributed by atoms with Crippen molar-refractivity contribution >= 4 is 0 Å². The lowest BCUT2D eigenvalue weighted by Crippen LogP contribution is -2.46. The molecule has 1 N–H and O–H groups in total. The molecule has 1 aromatic carbocycles. The lowest BCUT2D eigenvalue weighted by molar-refractivity contribution is 0.154. The highest BCUT2D eigenvalue weighted by Crippen LogP contribution is 2.09. The number of likely N-dealkylation sites (N-methyl/N-ethyl adjacent to an activating group) is 1. The number of hydrogen-bond donors (Lipinski definition) is 1. The molecule has 1 saturated heterocycles. The molecule has 0 atom stereocenters. The van der Waals surface area contributed by atoms with Crippen LogP contribution in [0.25, 0.3) is 0 Å². The van der Waals surface area contributed by atoms with Gasteiger partial charge in [0, 0.05) is 52.9 Å². The quantitative estimate of drug-likeness (QED) is 0.757. The van der Waals surface area contributed by atoms with Crippen LogP contribution in [0.1, 0.15) is 11.1 Å². The molecule has 1 aliphatic rings. The third-order valence-corrected chi connectivity index (χ3v) is 3.93. The molecular weight excluding hydrogens is 250 g/mol. The Morgan fingerprint density at radius 2 is 1.80 bits per heavy atom. The second-order valence-corrected chi connectivity index (χ2v) is 5.52. The first-order valence-corrected chi connectivity index (χ1v) is 7.47. The Morgan fingerprint density at radius 3 is 2.50 bits per heavy atom. The summed E-state index contributed by atoms with van der Waals surface area (Å²) in [6.45, 7) is 8.57. The summed E-state index contributed by atoms with van der Waals surface area (Å²) >= 11 is 0. The molecule has 0 aliphatic carbocycles. The van der Waals surface area contributed by atoms with Gasteiger partial charge < -0.3 is 15.0 Å². The molecule has 0 saturated carbocycles. The van der Waals surface area contributed by atoms with Crippen LogP contribution >= 0.6 is 0 Å². The zero-order valence-electron chi connectivity index (χ0n) is 12.8. The van der Waals surface area contributed by atoms with E-state index in [1.807, 2.05) is 0 Å². The Morgan fingerprint density at radius 1 is 1.10 bits per heavy atom. The van der Waals surface area contributed by atoms with Gasteiger partial charge in [0.15, 0.2) is 0 Å². The summed E-state index contributed by atoms with van der Waals surface area (Å²) in [4.78, 5) is 4.93. The number of rotatable bonds is 7. The Kier molecular flexibility index (Phi) is 6.47. The first kappa shape index (κ1) is 15.4. The van der Waals surface area contributed by atoms with Gasteiger partial charge in [0.1, 0.15) is 0 Å². The third kappa shape index (κ3) is 4.87. The average Bonchev–Trinajstić information content (AvgIpc) is 2.47. The van der Waals surface area contributed by atoms with Gasteiger partial charge in [-0.1, -0.05) is 24.3 Å². The Balaban J connectivity index is 1.68. The standard InChI is InChI=1S/C16H27N3O/c1-18-9-11-19(12-10-18)8-7-17-13-15-5-3-4-6-16(15)14-20-2/h3-6,17H,7-14H2,1-2H3. The Bertz CT molecular complexity index is 389. The average molecular weight is 277 g/mol. The van der Waals surface area contributed by atoms with Gasteiger partial charge in [-0.2, -0.15) is 0 Å². The lowest BCUT2D eigenvalue weighted by Gasteiger charge is -2.32. The number of benzene rings is 1. The minimum atomic E-state index is 0.691. The fourth-order valence-corrected chi connectivity index (χ4v) is 2.56. The van der Waals surface area contributed by atoms with Gasteiger partial charge in [-0.3, -0.25) is 4.90 Å². The zero-order valence-corrected chi connectivity index (χ0v) is 12.8. The molecule has 4 nitrogen and oxygen atoms in total. The molecule has 0 aromatic heterocycles. The van der Waals surface area contributed by atoms with E-state index in [4.69, 9.17) is 4.74 Å². The predicted molar refractivity (Wildman–Crippen MR) is 82.8 cm³/mol. The monoisotopic (exact) mass is 277 g/mol. The molecule has 1 aliphatic heterocycles. The van der Waals surface area contributed by atoms with E-state index in [2.05, 4.69) is 46.4 Å². The van der Waals surface area contributed by atoms with Crippen molar-refractivity contribution in [3.05, 3.63) is 35.4 Å². The van der Waals surface area contributed by atoms with Gasteiger partial charge in [0.2, 0.25) is 0 Å². The van der Waals surface area contributed by atoms with Crippen molar-refractivity contribution < 1.29 is 4.74 Å². The summed E-state index contributed by atoms with van der Waals surface area (Å²) in [6.07, 6.45) is 0. The lowest BCUT2D eigenvalue weighted by atomic mass is 10.1. The fourth-order valence-electron chi connectivity index (χ4n) is 2.56. The number of nitrogens with zero attached hydrogens (tertiary/aromatic N) is 2. The molecule has 2 rings (SSSR count). The first-order chi connectivity index (χ1) is 9.79. The van der Waals surface area contributed by atoms with Crippen LogP contribution in [-0.4, -0.2) is 63.2 Å². The Labute approximate surface area is 122 Å². The summed E-state index contributed by atoms with van der Waals surface area (Å²) < 4.78 is 5.24. The molecule has 0 bridgehead atoms. The SMILES string of the molecule is COCc1ccccc1CNCCN1CCN(C)CC1. The van der Waals surface area contributed by atoms with Crippen LogP contribution in [0.4, 0.5) is 0 Å². The van der Waals surface area contributed by atoms with Crippen LogP contribution in [-0.2, 0) is 17.9 Å². The van der Waals surface area contributed by atoms with Crippen LogP contribution < -0.4 is 5.32 Å². The summed E-state index contributed by atoms with van der Waals surface area (Å²) in [7, 11) is 3.94. The van der Waals surface area contributed by atoms with E-state index in [0.29, 0.717) is 6.61 Å². The molecule has 1 fully saturated rings. The fraction of sp³-hybridized carbons (Fsp3) is 0.625. The maximum atomic E-state index is 5.24. The highest BCUT2D eigenvalue weighted by atomic mass is 16.5. The van der Waals surface area contributed by atoms with Gasteiger partial charge in [-0.25, -0.2) is 0 Å². The third-order valence-electron chi connectivity index (χ3n) is 3.93. The van der Waals surface area contributed by atoms with Crippen LogP contribution in [0.3, 0.4) is 0 Å². The van der Waals surface area contributed by atoms with E-state index >= 15 is 0 Å². The van der Waals surface area contributed by atoms with Gasteiger partial charge in [0.25, 0.3) is 0 Å². The van der Waals surface area contributed by atoms with E-state index in [9.17, 15) is 0 Å². The van der Waals surface area contributed by atoms with E-state index in [-0.39, 0.29) is 0 Å². The highest BCUT2D eigenvalue weighted by molar-refractivity contribution is 5.26. The van der Waals surface area contributed by atoms with E-state index in [1.54, 1.807) is 7.11 Å². The topological polar surface area (TPSA) is 27.7 Å². The molecule has 0 radical (unpaired) electrons. The number of methoxy groups -OCH3 is 1. The molecule has 4 heteroatoms. The van der Waals surface area contributed by atoms with Crippen molar-refractivity contribution in [1.29, 1.82) is 0 Å². The molecule has 0 unspecified atom stereocenters. The number of hydrogen-bond acceptors (Lipinski definition) is 4. The summed E-state index contributed by atoms with van der Waals surface area (Å²) in [5.41, 5.74) is 2.62. The summed E-state index contributed by atoms with van der Waals surface area (Å²) in [5.74, 6) is 0. The molecule has 1 heterocycles. The van der Waals surface area contributed by atoms with Crippen LogP contribution in [0.5, 0.6) is 0 Å². The van der Waals surface area contributed by atoms with Gasteiger partial charge >= 0.3 is 0 Å². The minimum Gasteiger partial charge on any atom is -0.380 e. The van der Waals surface area contributed by atoms with Gasteiger partial charge in [-0.15, -0.1) is 0 Å². The highest BCUT2D eigenvalue weighted by Gasteiger charge is 2.12. The predicted octanol–water partition coefficient (Wildman–Crippen LogP) is 1.17. The molecule has 0 spiro atoms. The second kappa shape index (κ2) is 8.37. The van der Waals surface area contributed by atoms with Crippen molar-refractivity contribution in [2.75, 3.05) is 53.4 Å². The van der Waals surface area contributed by atoms with Crippen molar-refractivity contribution in [3.63, 3.8) is 0 Å². The van der Waals surface area contributed by atoms with Crippen LogP contribution in [0.15, 0.2) is 24.3 Å². The number of nitrogens with one attached hydrogen (secondary N) is 1. The molecular formula is C16H27N3O. The van der Waals surface area contributed by atoms with Crippen molar-refractivity contribution in [2.24, 2.45) is 0 Å². The van der Waals surface area contributed by atoms with Crippen molar-refractivity contribution in [1.82, 2.24) is 15.1 Å². The smallest absolute Gasteiger partial charge is 0.0716 e. The Hall–Kier alpha value is -0.940. The summed E-state index contributed by atoms with van der Waals surface area (Å²) in [6, 6.07) is 8.48. The van der Waals surface area contributed by atoms with Crippen LogP contribution in [0.2, 0.25) is 0 Å². The maximum absolute atomic E-state index is 5.24. The molecule has 1 aromatic rings. The van der Waals surface area contributed by atoms with Crippen molar-refractivity contribution in [3.8, 4) is 0 Å². The van der Waals surface area contributed by atoms with Gasteiger partial charge in [0.05, 0.1) is 6.61 Å².